The van der Waals surface area contributed by atoms with Crippen LogP contribution >= 0.6 is 15.9 Å². The van der Waals surface area contributed by atoms with Gasteiger partial charge < -0.3 is 9.84 Å². The molecule has 0 aliphatic heterocycles. The van der Waals surface area contributed by atoms with Crippen LogP contribution < -0.4 is 4.74 Å². The minimum absolute atomic E-state index is 0.00157. The minimum Gasteiger partial charge on any atom is -0.405 e. The van der Waals surface area contributed by atoms with Crippen LogP contribution in [0, 0.1) is 0 Å². The molecule has 2 nitrogen and oxygen atoms in total. The number of aliphatic hydroxyl groups excluding tert-OH is 1. The first-order valence-corrected chi connectivity index (χ1v) is 4.98. The van der Waals surface area contributed by atoms with Crippen LogP contribution in [-0.4, -0.2) is 11.5 Å². The van der Waals surface area contributed by atoms with Gasteiger partial charge in [0.25, 0.3) is 0 Å². The molecule has 88 valence electrons. The van der Waals surface area contributed by atoms with E-state index in [0.717, 1.165) is 12.1 Å². The normalized spacial score (nSPS) is 13.3. The van der Waals surface area contributed by atoms with Crippen LogP contribution in [0.25, 0.3) is 0 Å². The Hall–Kier alpha value is -1.01. The van der Waals surface area contributed by atoms with E-state index < -0.39 is 18.2 Å². The van der Waals surface area contributed by atoms with Crippen molar-refractivity contribution in [3.8, 4) is 5.75 Å². The van der Waals surface area contributed by atoms with Crippen molar-refractivity contribution in [2.24, 2.45) is 0 Å². The third-order valence-electron chi connectivity index (χ3n) is 1.74. The van der Waals surface area contributed by atoms with Gasteiger partial charge >= 0.3 is 6.36 Å². The lowest BCUT2D eigenvalue weighted by Crippen LogP contribution is -2.18. The molecule has 0 saturated heterocycles. The van der Waals surface area contributed by atoms with Gasteiger partial charge in [-0.15, -0.1) is 19.8 Å². The standard InChI is InChI=1S/C10H8BrF3O2/c1-2-8(15)7-5-6(11)3-4-9(7)16-10(12,13)14/h2-5,8,15H,1H2. The van der Waals surface area contributed by atoms with Crippen molar-refractivity contribution in [1.29, 1.82) is 0 Å². The third kappa shape index (κ3) is 3.53. The van der Waals surface area contributed by atoms with Crippen LogP contribution in [0.1, 0.15) is 11.7 Å². The Morgan fingerprint density at radius 3 is 2.56 bits per heavy atom. The molecule has 16 heavy (non-hydrogen) atoms. The lowest BCUT2D eigenvalue weighted by atomic mass is 10.1. The van der Waals surface area contributed by atoms with Crippen molar-refractivity contribution < 1.29 is 23.0 Å². The summed E-state index contributed by atoms with van der Waals surface area (Å²) in [6.07, 6.45) is -4.89. The van der Waals surface area contributed by atoms with E-state index >= 15 is 0 Å². The van der Waals surface area contributed by atoms with Gasteiger partial charge in [-0.1, -0.05) is 22.0 Å². The van der Waals surface area contributed by atoms with Crippen LogP contribution in [0.4, 0.5) is 13.2 Å². The number of alkyl halides is 3. The molecular formula is C10H8BrF3O2. The topological polar surface area (TPSA) is 29.5 Å². The number of benzene rings is 1. The second kappa shape index (κ2) is 4.88. The molecule has 0 aliphatic carbocycles. The molecule has 0 radical (unpaired) electrons. The largest absolute Gasteiger partial charge is 0.573 e. The fourth-order valence-corrected chi connectivity index (χ4v) is 1.47. The summed E-state index contributed by atoms with van der Waals surface area (Å²) in [7, 11) is 0. The van der Waals surface area contributed by atoms with Crippen LogP contribution in [0.15, 0.2) is 35.3 Å². The summed E-state index contributed by atoms with van der Waals surface area (Å²) in [6.45, 7) is 3.30. The van der Waals surface area contributed by atoms with Crippen LogP contribution in [-0.2, 0) is 0 Å². The molecule has 0 amide bonds. The number of hydrogen-bond donors (Lipinski definition) is 1. The zero-order valence-electron chi connectivity index (χ0n) is 7.96. The van der Waals surface area contributed by atoms with Gasteiger partial charge in [0.2, 0.25) is 0 Å². The Bertz CT molecular complexity index is 390. The van der Waals surface area contributed by atoms with E-state index in [9.17, 15) is 18.3 Å². The summed E-state index contributed by atoms with van der Waals surface area (Å²) in [6, 6.07) is 3.85. The highest BCUT2D eigenvalue weighted by Gasteiger charge is 2.32. The fourth-order valence-electron chi connectivity index (χ4n) is 1.10. The molecular weight excluding hydrogens is 289 g/mol. The number of ether oxygens (including phenoxy) is 1. The zero-order valence-corrected chi connectivity index (χ0v) is 9.55. The first kappa shape index (κ1) is 13.1. The van der Waals surface area contributed by atoms with Gasteiger partial charge in [0.1, 0.15) is 11.9 Å². The smallest absolute Gasteiger partial charge is 0.405 e. The molecule has 0 spiro atoms. The van der Waals surface area contributed by atoms with Gasteiger partial charge in [-0.2, -0.15) is 0 Å². The van der Waals surface area contributed by atoms with Crippen LogP contribution in [0.2, 0.25) is 0 Å². The molecule has 1 N–H and O–H groups in total. The monoisotopic (exact) mass is 296 g/mol. The molecule has 1 unspecified atom stereocenters. The third-order valence-corrected chi connectivity index (χ3v) is 2.23. The fraction of sp³-hybridized carbons (Fsp3) is 0.200. The maximum absolute atomic E-state index is 12.0. The minimum atomic E-state index is -4.79. The van der Waals surface area contributed by atoms with Gasteiger partial charge in [0.05, 0.1) is 0 Å². The van der Waals surface area contributed by atoms with E-state index in [0.29, 0.717) is 4.47 Å². The first-order chi connectivity index (χ1) is 7.33. The highest BCUT2D eigenvalue weighted by atomic mass is 79.9. The summed E-state index contributed by atoms with van der Waals surface area (Å²) >= 11 is 3.09. The highest BCUT2D eigenvalue weighted by molar-refractivity contribution is 9.10. The predicted octanol–water partition coefficient (Wildman–Crippen LogP) is 3.57. The van der Waals surface area contributed by atoms with Crippen molar-refractivity contribution in [3.05, 3.63) is 40.9 Å². The number of aliphatic hydroxyl groups is 1. The van der Waals surface area contributed by atoms with Crippen LogP contribution in [0.3, 0.4) is 0 Å². The van der Waals surface area contributed by atoms with Crippen molar-refractivity contribution in [2.75, 3.05) is 0 Å². The SMILES string of the molecule is C=CC(O)c1cc(Br)ccc1OC(F)(F)F. The summed E-state index contributed by atoms with van der Waals surface area (Å²) < 4.78 is 40.5. The molecule has 1 aromatic rings. The zero-order chi connectivity index (χ0) is 12.3. The van der Waals surface area contributed by atoms with E-state index in [4.69, 9.17) is 0 Å². The average Bonchev–Trinajstić information content (AvgIpc) is 2.17. The number of hydrogen-bond acceptors (Lipinski definition) is 2. The lowest BCUT2D eigenvalue weighted by Gasteiger charge is -2.15. The van der Waals surface area contributed by atoms with Crippen LogP contribution in [0.5, 0.6) is 5.75 Å². The predicted molar refractivity (Wildman–Crippen MR) is 56.0 cm³/mol. The van der Waals surface area contributed by atoms with Crippen molar-refractivity contribution in [1.82, 2.24) is 0 Å². The molecule has 0 aromatic heterocycles. The maximum atomic E-state index is 12.0. The molecule has 1 atom stereocenters. The lowest BCUT2D eigenvalue weighted by molar-refractivity contribution is -0.275. The molecule has 0 bridgehead atoms. The van der Waals surface area contributed by atoms with E-state index in [1.165, 1.54) is 12.1 Å². The molecule has 1 rings (SSSR count). The van der Waals surface area contributed by atoms with E-state index in [1.807, 2.05) is 0 Å². The molecule has 0 fully saturated rings. The number of rotatable bonds is 3. The van der Waals surface area contributed by atoms with Gasteiger partial charge in [-0.3, -0.25) is 0 Å². The van der Waals surface area contributed by atoms with E-state index in [1.54, 1.807) is 0 Å². The van der Waals surface area contributed by atoms with Gasteiger partial charge in [0.15, 0.2) is 0 Å². The average molecular weight is 297 g/mol. The molecule has 0 aliphatic rings. The van der Waals surface area contributed by atoms with Crippen molar-refractivity contribution in [3.63, 3.8) is 0 Å². The van der Waals surface area contributed by atoms with Gasteiger partial charge in [-0.25, -0.2) is 0 Å². The summed E-state index contributed by atoms with van der Waals surface area (Å²) in [5.74, 6) is -0.442. The molecule has 6 heteroatoms. The molecule has 0 saturated carbocycles. The van der Waals surface area contributed by atoms with E-state index in [2.05, 4.69) is 27.2 Å². The Morgan fingerprint density at radius 2 is 2.06 bits per heavy atom. The summed E-state index contributed by atoms with van der Waals surface area (Å²) in [5, 5.41) is 9.45. The Morgan fingerprint density at radius 1 is 1.44 bits per heavy atom. The molecule has 1 aromatic carbocycles. The van der Waals surface area contributed by atoms with Gasteiger partial charge in [0, 0.05) is 10.0 Å². The second-order valence-corrected chi connectivity index (χ2v) is 3.83. The molecule has 0 heterocycles. The summed E-state index contributed by atoms with van der Waals surface area (Å²) in [5.41, 5.74) is 0.00157. The summed E-state index contributed by atoms with van der Waals surface area (Å²) in [4.78, 5) is 0. The Labute approximate surface area is 98.5 Å². The number of halogens is 4. The maximum Gasteiger partial charge on any atom is 0.573 e. The highest BCUT2D eigenvalue weighted by Crippen LogP contribution is 2.32. The van der Waals surface area contributed by atoms with Crippen molar-refractivity contribution in [2.45, 2.75) is 12.5 Å². The van der Waals surface area contributed by atoms with E-state index in [-0.39, 0.29) is 5.56 Å². The second-order valence-electron chi connectivity index (χ2n) is 2.91. The Balaban J connectivity index is 3.12. The quantitative estimate of drug-likeness (QED) is 0.864. The first-order valence-electron chi connectivity index (χ1n) is 4.19. The Kier molecular flexibility index (Phi) is 3.98. The van der Waals surface area contributed by atoms with Gasteiger partial charge in [-0.05, 0) is 18.2 Å². The van der Waals surface area contributed by atoms with Crippen molar-refractivity contribution >= 4 is 15.9 Å².